The lowest BCUT2D eigenvalue weighted by Crippen LogP contribution is -2.50. The molecule has 1 aromatic rings. The molecule has 1 aliphatic heterocycles. The van der Waals surface area contributed by atoms with Gasteiger partial charge in [-0.25, -0.2) is 9.97 Å². The van der Waals surface area contributed by atoms with Gasteiger partial charge in [-0.2, -0.15) is 0 Å². The first-order valence-electron chi connectivity index (χ1n) is 7.30. The zero-order valence-corrected chi connectivity index (χ0v) is 13.0. The van der Waals surface area contributed by atoms with Crippen molar-refractivity contribution in [2.45, 2.75) is 38.3 Å². The minimum Gasteiger partial charge on any atom is -0.388 e. The second kappa shape index (κ2) is 6.49. The van der Waals surface area contributed by atoms with Gasteiger partial charge in [0.25, 0.3) is 0 Å². The number of amides is 1. The summed E-state index contributed by atoms with van der Waals surface area (Å²) in [6, 6.07) is 0. The maximum absolute atomic E-state index is 11.8. The van der Waals surface area contributed by atoms with Crippen molar-refractivity contribution in [1.29, 1.82) is 0 Å². The maximum atomic E-state index is 11.8. The highest BCUT2D eigenvalue weighted by molar-refractivity contribution is 5.76. The molecule has 2 heterocycles. The Hall–Kier alpha value is -1.53. The molecule has 1 N–H and O–H groups in total. The number of carbonyl (C=O) groups is 1. The highest BCUT2D eigenvalue weighted by Gasteiger charge is 2.35. The van der Waals surface area contributed by atoms with Gasteiger partial charge in [0.2, 0.25) is 5.91 Å². The van der Waals surface area contributed by atoms with Crippen LogP contribution in [0.15, 0.2) is 12.4 Å². The summed E-state index contributed by atoms with van der Waals surface area (Å²) in [6.07, 6.45) is 5.31. The van der Waals surface area contributed by atoms with Gasteiger partial charge < -0.3 is 10.0 Å². The second-order valence-corrected chi connectivity index (χ2v) is 6.18. The van der Waals surface area contributed by atoms with Crippen molar-refractivity contribution in [1.82, 2.24) is 19.8 Å². The fraction of sp³-hybridized carbons (Fsp3) is 0.667. The summed E-state index contributed by atoms with van der Waals surface area (Å²) in [6.45, 7) is 3.95. The number of piperidine rings is 1. The first-order chi connectivity index (χ1) is 9.88. The van der Waals surface area contributed by atoms with Crippen LogP contribution < -0.4 is 0 Å². The summed E-state index contributed by atoms with van der Waals surface area (Å²) in [4.78, 5) is 24.1. The van der Waals surface area contributed by atoms with Crippen molar-refractivity contribution in [2.24, 2.45) is 0 Å². The fourth-order valence-electron chi connectivity index (χ4n) is 2.63. The van der Waals surface area contributed by atoms with Gasteiger partial charge in [-0.3, -0.25) is 9.69 Å². The molecule has 1 atom stereocenters. The molecule has 21 heavy (non-hydrogen) atoms. The summed E-state index contributed by atoms with van der Waals surface area (Å²) in [5, 5.41) is 10.7. The monoisotopic (exact) mass is 292 g/mol. The molecule has 1 fully saturated rings. The van der Waals surface area contributed by atoms with Crippen LogP contribution in [0.4, 0.5) is 0 Å². The van der Waals surface area contributed by atoms with Crippen LogP contribution in [0.2, 0.25) is 0 Å². The lowest BCUT2D eigenvalue weighted by molar-refractivity contribution is -0.136. The Bertz CT molecular complexity index is 489. The van der Waals surface area contributed by atoms with Crippen molar-refractivity contribution < 1.29 is 9.90 Å². The van der Waals surface area contributed by atoms with Crippen LogP contribution in [0.5, 0.6) is 0 Å². The first-order valence-corrected chi connectivity index (χ1v) is 7.30. The van der Waals surface area contributed by atoms with Crippen molar-refractivity contribution in [3.05, 3.63) is 23.8 Å². The molecular formula is C15H24N4O2. The van der Waals surface area contributed by atoms with Gasteiger partial charge in [0, 0.05) is 33.0 Å². The topological polar surface area (TPSA) is 69.6 Å². The largest absolute Gasteiger partial charge is 0.388 e. The van der Waals surface area contributed by atoms with Crippen LogP contribution in [0.25, 0.3) is 0 Å². The second-order valence-electron chi connectivity index (χ2n) is 6.18. The number of rotatable bonds is 4. The van der Waals surface area contributed by atoms with Gasteiger partial charge in [-0.15, -0.1) is 0 Å². The van der Waals surface area contributed by atoms with E-state index < -0.39 is 5.60 Å². The molecule has 0 aromatic carbocycles. The van der Waals surface area contributed by atoms with Gasteiger partial charge in [0.1, 0.15) is 5.82 Å². The van der Waals surface area contributed by atoms with Crippen LogP contribution in [-0.4, -0.2) is 63.6 Å². The van der Waals surface area contributed by atoms with E-state index >= 15 is 0 Å². The van der Waals surface area contributed by atoms with Gasteiger partial charge in [-0.1, -0.05) is 0 Å². The molecule has 0 saturated carbocycles. The normalized spacial score (nSPS) is 23.0. The smallest absolute Gasteiger partial charge is 0.224 e. The molecule has 116 valence electrons. The third-order valence-corrected chi connectivity index (χ3v) is 3.81. The number of β-amino-alcohol motifs (C(OH)–C–C–N with tert-alkyl or cyclic N) is 1. The summed E-state index contributed by atoms with van der Waals surface area (Å²) in [7, 11) is 3.43. The van der Waals surface area contributed by atoms with E-state index in [2.05, 4.69) is 14.9 Å². The number of hydrogen-bond acceptors (Lipinski definition) is 5. The van der Waals surface area contributed by atoms with Crippen LogP contribution >= 0.6 is 0 Å². The minimum atomic E-state index is -0.940. The molecule has 0 bridgehead atoms. The molecule has 1 unspecified atom stereocenters. The first kappa shape index (κ1) is 15.9. The predicted molar refractivity (Wildman–Crippen MR) is 79.5 cm³/mol. The molecule has 0 aliphatic carbocycles. The zero-order chi connectivity index (χ0) is 15.5. The average molecular weight is 292 g/mol. The third kappa shape index (κ3) is 4.47. The van der Waals surface area contributed by atoms with E-state index in [-0.39, 0.29) is 12.3 Å². The molecule has 1 aromatic heterocycles. The number of aromatic nitrogens is 2. The Balaban J connectivity index is 1.96. The van der Waals surface area contributed by atoms with Gasteiger partial charge in [0.15, 0.2) is 0 Å². The molecular weight excluding hydrogens is 268 g/mol. The molecule has 6 heteroatoms. The zero-order valence-electron chi connectivity index (χ0n) is 13.0. The van der Waals surface area contributed by atoms with Crippen LogP contribution in [0.1, 0.15) is 30.7 Å². The Morgan fingerprint density at radius 1 is 1.43 bits per heavy atom. The molecule has 1 saturated heterocycles. The third-order valence-electron chi connectivity index (χ3n) is 3.81. The maximum Gasteiger partial charge on any atom is 0.224 e. The quantitative estimate of drug-likeness (QED) is 0.879. The van der Waals surface area contributed by atoms with E-state index in [0.29, 0.717) is 19.5 Å². The minimum absolute atomic E-state index is 0.0362. The Morgan fingerprint density at radius 2 is 2.10 bits per heavy atom. The summed E-state index contributed by atoms with van der Waals surface area (Å²) < 4.78 is 0. The molecule has 6 nitrogen and oxygen atoms in total. The average Bonchev–Trinajstić information content (AvgIpc) is 2.41. The number of hydrogen-bond donors (Lipinski definition) is 1. The van der Waals surface area contributed by atoms with Gasteiger partial charge in [0.05, 0.1) is 18.6 Å². The number of nitrogens with zero attached hydrogens (tertiary/aromatic N) is 4. The molecule has 0 radical (unpaired) electrons. The Labute approximate surface area is 125 Å². The van der Waals surface area contributed by atoms with E-state index in [1.54, 1.807) is 26.5 Å². The van der Waals surface area contributed by atoms with Gasteiger partial charge >= 0.3 is 0 Å². The lowest BCUT2D eigenvalue weighted by Gasteiger charge is -2.39. The molecule has 1 aliphatic rings. The van der Waals surface area contributed by atoms with Crippen LogP contribution in [0, 0.1) is 6.92 Å². The Kier molecular flexibility index (Phi) is 4.90. The van der Waals surface area contributed by atoms with Crippen molar-refractivity contribution in [3.63, 3.8) is 0 Å². The van der Waals surface area contributed by atoms with Crippen molar-refractivity contribution in [2.75, 3.05) is 27.2 Å². The van der Waals surface area contributed by atoms with Crippen molar-refractivity contribution in [3.8, 4) is 0 Å². The number of aliphatic hydroxyl groups is 1. The number of likely N-dealkylation sites (tertiary alicyclic amines) is 1. The van der Waals surface area contributed by atoms with Crippen LogP contribution in [0.3, 0.4) is 0 Å². The SMILES string of the molecule is Cc1cnc(CN2CCCC(O)(CC(=O)N(C)C)C2)nc1. The number of carbonyl (C=O) groups excluding carboxylic acids is 1. The van der Waals surface area contributed by atoms with E-state index in [1.165, 1.54) is 4.90 Å². The predicted octanol–water partition coefficient (Wildman–Crippen LogP) is 0.590. The molecule has 0 spiro atoms. The van der Waals surface area contributed by atoms with Gasteiger partial charge in [-0.05, 0) is 31.9 Å². The fourth-order valence-corrected chi connectivity index (χ4v) is 2.63. The standard InChI is InChI=1S/C15H24N4O2/c1-12-8-16-13(17-9-12)10-19-6-4-5-15(21,11-19)7-14(20)18(2)3/h8-9,21H,4-7,10-11H2,1-3H3. The van der Waals surface area contributed by atoms with E-state index in [1.807, 2.05) is 6.92 Å². The van der Waals surface area contributed by atoms with E-state index in [9.17, 15) is 9.90 Å². The van der Waals surface area contributed by atoms with Crippen molar-refractivity contribution >= 4 is 5.91 Å². The van der Waals surface area contributed by atoms with E-state index in [0.717, 1.165) is 24.4 Å². The Morgan fingerprint density at radius 3 is 2.71 bits per heavy atom. The van der Waals surface area contributed by atoms with E-state index in [4.69, 9.17) is 0 Å². The van der Waals surface area contributed by atoms with Crippen LogP contribution in [-0.2, 0) is 11.3 Å². The summed E-state index contributed by atoms with van der Waals surface area (Å²) in [5.41, 5.74) is 0.0927. The summed E-state index contributed by atoms with van der Waals surface area (Å²) in [5.74, 6) is 0.717. The summed E-state index contributed by atoms with van der Waals surface area (Å²) >= 11 is 0. The highest BCUT2D eigenvalue weighted by Crippen LogP contribution is 2.25. The molecule has 2 rings (SSSR count). The molecule has 1 amide bonds. The lowest BCUT2D eigenvalue weighted by atomic mass is 9.89. The highest BCUT2D eigenvalue weighted by atomic mass is 16.3. The number of aryl methyl sites for hydroxylation is 1.